The van der Waals surface area contributed by atoms with E-state index < -0.39 is 89.6 Å². The van der Waals surface area contributed by atoms with Gasteiger partial charge in [-0.25, -0.2) is 0 Å². The van der Waals surface area contributed by atoms with Gasteiger partial charge in [0.25, 0.3) is 0 Å². The molecule has 14 nitrogen and oxygen atoms in total. The Bertz CT molecular complexity index is 1380. The Hall–Kier alpha value is -4.33. The first-order valence-corrected chi connectivity index (χ1v) is 18.1. The van der Waals surface area contributed by atoms with Crippen LogP contribution in [0.1, 0.15) is 99.1 Å². The maximum absolute atomic E-state index is 14.1. The molecule has 0 heterocycles. The summed E-state index contributed by atoms with van der Waals surface area (Å²) in [7, 11) is 0. The van der Waals surface area contributed by atoms with E-state index in [-0.39, 0.29) is 18.8 Å². The van der Waals surface area contributed by atoms with E-state index >= 15 is 0 Å². The number of nitrogens with one attached hydrogen (secondary N) is 6. The van der Waals surface area contributed by atoms with Gasteiger partial charge in [-0.05, 0) is 48.1 Å². The predicted molar refractivity (Wildman–Crippen MR) is 199 cm³/mol. The number of rotatable bonds is 21. The zero-order valence-electron chi connectivity index (χ0n) is 32.6. The van der Waals surface area contributed by atoms with Gasteiger partial charge in [0.1, 0.15) is 36.5 Å². The summed E-state index contributed by atoms with van der Waals surface area (Å²) < 4.78 is 0. The lowest BCUT2D eigenvalue weighted by Gasteiger charge is -2.34. The van der Waals surface area contributed by atoms with E-state index in [2.05, 4.69) is 31.9 Å². The Morgan fingerprint density at radius 3 is 1.85 bits per heavy atom. The van der Waals surface area contributed by atoms with Crippen LogP contribution in [-0.4, -0.2) is 89.7 Å². The Balaban J connectivity index is 3.43. The van der Waals surface area contributed by atoms with Crippen molar-refractivity contribution in [3.8, 4) is 0 Å². The summed E-state index contributed by atoms with van der Waals surface area (Å²) in [5, 5.41) is 25.7. The molecule has 292 valence electrons. The second-order valence-corrected chi connectivity index (χ2v) is 15.2. The molecule has 0 aliphatic heterocycles. The van der Waals surface area contributed by atoms with Crippen molar-refractivity contribution in [1.29, 1.82) is 0 Å². The molecule has 14 heteroatoms. The second-order valence-electron chi connectivity index (χ2n) is 15.2. The van der Waals surface area contributed by atoms with Gasteiger partial charge in [0.2, 0.25) is 35.4 Å². The van der Waals surface area contributed by atoms with Crippen LogP contribution in [0.3, 0.4) is 0 Å². The average molecular weight is 731 g/mol. The summed E-state index contributed by atoms with van der Waals surface area (Å²) >= 11 is 0. The SMILES string of the molecule is CCCC[C@@H](C=O)NC(=O)[C@H](CC(C)C)NC(=O)[C@@H](NC(=O)[C@H](Cc1ccccc1C)NC(=O)[C@H](NC(=O)[C@@H](CO)NC(C)=O)C(C)C)C(C)(C)C. The van der Waals surface area contributed by atoms with Crippen LogP contribution in [0.2, 0.25) is 0 Å². The quantitative estimate of drug-likeness (QED) is 0.0922. The van der Waals surface area contributed by atoms with Crippen LogP contribution < -0.4 is 31.9 Å². The van der Waals surface area contributed by atoms with Crippen LogP contribution >= 0.6 is 0 Å². The fraction of sp³-hybridized carbons (Fsp3) is 0.658. The van der Waals surface area contributed by atoms with Crippen molar-refractivity contribution in [2.24, 2.45) is 17.3 Å². The summed E-state index contributed by atoms with van der Waals surface area (Å²) in [5.41, 5.74) is 0.779. The molecule has 0 aliphatic carbocycles. The van der Waals surface area contributed by atoms with E-state index in [0.717, 1.165) is 24.0 Å². The molecule has 0 fully saturated rings. The van der Waals surface area contributed by atoms with E-state index in [1.165, 1.54) is 6.92 Å². The van der Waals surface area contributed by atoms with Crippen LogP contribution in [-0.2, 0) is 40.0 Å². The second kappa shape index (κ2) is 21.9. The summed E-state index contributed by atoms with van der Waals surface area (Å²) in [4.78, 5) is 91.3. The zero-order valence-corrected chi connectivity index (χ0v) is 32.6. The highest BCUT2D eigenvalue weighted by molar-refractivity contribution is 5.97. The van der Waals surface area contributed by atoms with Crippen LogP contribution in [0.25, 0.3) is 0 Å². The third-order valence-electron chi connectivity index (χ3n) is 8.56. The highest BCUT2D eigenvalue weighted by Crippen LogP contribution is 2.21. The van der Waals surface area contributed by atoms with Gasteiger partial charge in [-0.1, -0.05) is 92.5 Å². The average Bonchev–Trinajstić information content (AvgIpc) is 3.05. The smallest absolute Gasteiger partial charge is 0.245 e. The number of carbonyl (C=O) groups excluding carboxylic acids is 7. The zero-order chi connectivity index (χ0) is 39.8. The molecule has 0 spiro atoms. The lowest BCUT2D eigenvalue weighted by atomic mass is 9.85. The molecule has 0 aromatic heterocycles. The molecule has 0 saturated carbocycles. The molecule has 0 bridgehead atoms. The standard InChI is InChI=1S/C38H62N6O8/c1-11-12-17-27(20-45)40-33(48)28(18-22(2)3)42-37(52)32(38(8,9)10)44-34(49)29(19-26-16-14-13-15-24(26)6)41-36(51)31(23(4)5)43-35(50)30(21-46)39-25(7)47/h13-16,20,22-23,27-32,46H,11-12,17-19,21H2,1-10H3,(H,39,47)(H,40,48)(H,41,51)(H,42,52)(H,43,50)(H,44,49)/t27-,28-,29-,30+,31+,32+/m0/s1. The number of hydrogen-bond acceptors (Lipinski definition) is 8. The first-order chi connectivity index (χ1) is 24.2. The molecule has 0 aliphatic rings. The summed E-state index contributed by atoms with van der Waals surface area (Å²) in [6.07, 6.45) is 3.09. The van der Waals surface area contributed by atoms with Gasteiger partial charge >= 0.3 is 0 Å². The third kappa shape index (κ3) is 15.5. The Morgan fingerprint density at radius 2 is 1.35 bits per heavy atom. The Kier molecular flexibility index (Phi) is 19.2. The van der Waals surface area contributed by atoms with Crippen LogP contribution in [0, 0.1) is 24.2 Å². The summed E-state index contributed by atoms with van der Waals surface area (Å²) in [6.45, 7) is 16.8. The topological polar surface area (TPSA) is 212 Å². The van der Waals surface area contributed by atoms with E-state index in [1.54, 1.807) is 40.7 Å². The number of amides is 6. The van der Waals surface area contributed by atoms with Gasteiger partial charge < -0.3 is 41.8 Å². The fourth-order valence-electron chi connectivity index (χ4n) is 5.52. The third-order valence-corrected chi connectivity index (χ3v) is 8.56. The number of aryl methyl sites for hydroxylation is 1. The molecule has 6 amide bonds. The van der Waals surface area contributed by atoms with Crippen molar-refractivity contribution >= 4 is 41.7 Å². The molecule has 0 radical (unpaired) electrons. The number of aliphatic hydroxyl groups is 1. The van der Waals surface area contributed by atoms with E-state index in [0.29, 0.717) is 12.7 Å². The summed E-state index contributed by atoms with van der Waals surface area (Å²) in [5.74, 6) is -4.23. The highest BCUT2D eigenvalue weighted by Gasteiger charge is 2.38. The van der Waals surface area contributed by atoms with E-state index in [4.69, 9.17) is 0 Å². The highest BCUT2D eigenvalue weighted by atomic mass is 16.3. The van der Waals surface area contributed by atoms with Gasteiger partial charge in [-0.3, -0.25) is 28.8 Å². The van der Waals surface area contributed by atoms with Gasteiger partial charge in [0.05, 0.1) is 12.6 Å². The van der Waals surface area contributed by atoms with E-state index in [1.807, 2.05) is 45.9 Å². The normalized spacial score (nSPS) is 14.9. The minimum absolute atomic E-state index is 0.0121. The minimum atomic E-state index is -1.29. The van der Waals surface area contributed by atoms with Crippen molar-refractivity contribution in [3.05, 3.63) is 35.4 Å². The lowest BCUT2D eigenvalue weighted by Crippen LogP contribution is -2.62. The van der Waals surface area contributed by atoms with Crippen LogP contribution in [0.5, 0.6) is 0 Å². The minimum Gasteiger partial charge on any atom is -0.394 e. The number of aliphatic hydroxyl groups excluding tert-OH is 1. The largest absolute Gasteiger partial charge is 0.394 e. The monoisotopic (exact) mass is 730 g/mol. The molecule has 6 atom stereocenters. The summed E-state index contributed by atoms with van der Waals surface area (Å²) in [6, 6.07) is 0.878. The maximum atomic E-state index is 14.1. The Morgan fingerprint density at radius 1 is 0.769 bits per heavy atom. The predicted octanol–water partition coefficient (Wildman–Crippen LogP) is 1.60. The van der Waals surface area contributed by atoms with Crippen molar-refractivity contribution in [1.82, 2.24) is 31.9 Å². The molecule has 7 N–H and O–H groups in total. The lowest BCUT2D eigenvalue weighted by molar-refractivity contribution is -0.137. The number of hydrogen-bond donors (Lipinski definition) is 7. The first-order valence-electron chi connectivity index (χ1n) is 18.1. The Labute approximate surface area is 308 Å². The molecule has 0 unspecified atom stereocenters. The van der Waals surface area contributed by atoms with Gasteiger partial charge in [0.15, 0.2) is 0 Å². The van der Waals surface area contributed by atoms with Gasteiger partial charge in [-0.15, -0.1) is 0 Å². The number of carbonyl (C=O) groups is 7. The maximum Gasteiger partial charge on any atom is 0.245 e. The first kappa shape index (κ1) is 45.7. The van der Waals surface area contributed by atoms with Gasteiger partial charge in [0, 0.05) is 13.3 Å². The van der Waals surface area contributed by atoms with Gasteiger partial charge in [-0.2, -0.15) is 0 Å². The van der Waals surface area contributed by atoms with E-state index in [9.17, 15) is 38.7 Å². The van der Waals surface area contributed by atoms with Crippen molar-refractivity contribution in [3.63, 3.8) is 0 Å². The molecule has 0 saturated heterocycles. The number of aldehydes is 1. The molecule has 1 rings (SSSR count). The number of benzene rings is 1. The fourth-order valence-corrected chi connectivity index (χ4v) is 5.52. The van der Waals surface area contributed by atoms with Crippen molar-refractivity contribution < 1.29 is 38.7 Å². The van der Waals surface area contributed by atoms with Crippen LogP contribution in [0.4, 0.5) is 0 Å². The molecular formula is C38H62N6O8. The van der Waals surface area contributed by atoms with Crippen molar-refractivity contribution in [2.45, 2.75) is 138 Å². The molecule has 52 heavy (non-hydrogen) atoms. The molecular weight excluding hydrogens is 668 g/mol. The number of unbranched alkanes of at least 4 members (excludes halogenated alkanes) is 1. The van der Waals surface area contributed by atoms with Crippen LogP contribution in [0.15, 0.2) is 24.3 Å². The van der Waals surface area contributed by atoms with Crippen molar-refractivity contribution in [2.75, 3.05) is 6.61 Å². The molecule has 1 aromatic carbocycles. The molecule has 1 aromatic rings.